The van der Waals surface area contributed by atoms with Crippen molar-refractivity contribution in [1.82, 2.24) is 14.8 Å². The summed E-state index contributed by atoms with van der Waals surface area (Å²) in [7, 11) is 1.92. The number of carbonyl (C=O) groups excluding carboxylic acids is 1. The van der Waals surface area contributed by atoms with Gasteiger partial charge in [-0.25, -0.2) is 0 Å². The second-order valence-corrected chi connectivity index (χ2v) is 6.29. The van der Waals surface area contributed by atoms with Crippen molar-refractivity contribution < 1.29 is 4.79 Å². The second-order valence-electron chi connectivity index (χ2n) is 5.35. The molecule has 6 heteroatoms. The summed E-state index contributed by atoms with van der Waals surface area (Å²) in [5.41, 5.74) is 6.46. The van der Waals surface area contributed by atoms with Crippen LogP contribution in [0.4, 0.5) is 0 Å². The Balaban J connectivity index is 1.74. The third-order valence-electron chi connectivity index (χ3n) is 3.76. The summed E-state index contributed by atoms with van der Waals surface area (Å²) in [6.45, 7) is 0. The third-order valence-corrected chi connectivity index (χ3v) is 4.83. The molecule has 0 fully saturated rings. The Kier molecular flexibility index (Phi) is 4.62. The zero-order chi connectivity index (χ0) is 16.2. The summed E-state index contributed by atoms with van der Waals surface area (Å²) in [4.78, 5) is 10.9. The smallest absolute Gasteiger partial charge is 0.217 e. The number of rotatable bonds is 6. The fourth-order valence-corrected chi connectivity index (χ4v) is 3.42. The SMILES string of the molecule is Cn1c(CCC(N)=O)nnc1SCc1cccc2ccccc12. The van der Waals surface area contributed by atoms with Crippen molar-refractivity contribution in [2.45, 2.75) is 23.8 Å². The Morgan fingerprint density at radius 2 is 1.96 bits per heavy atom. The summed E-state index contributed by atoms with van der Waals surface area (Å²) in [6.07, 6.45) is 0.813. The number of hydrogen-bond donors (Lipinski definition) is 1. The minimum atomic E-state index is -0.321. The molecular formula is C17H18N4OS. The van der Waals surface area contributed by atoms with Crippen LogP contribution in [0.1, 0.15) is 17.8 Å². The van der Waals surface area contributed by atoms with E-state index in [0.717, 1.165) is 16.7 Å². The molecule has 0 spiro atoms. The number of aryl methyl sites for hydroxylation is 1. The van der Waals surface area contributed by atoms with E-state index >= 15 is 0 Å². The van der Waals surface area contributed by atoms with Crippen LogP contribution >= 0.6 is 11.8 Å². The molecule has 0 atom stereocenters. The van der Waals surface area contributed by atoms with Crippen LogP contribution in [0.5, 0.6) is 0 Å². The molecular weight excluding hydrogens is 308 g/mol. The molecule has 23 heavy (non-hydrogen) atoms. The molecule has 0 aliphatic carbocycles. The van der Waals surface area contributed by atoms with Gasteiger partial charge < -0.3 is 10.3 Å². The van der Waals surface area contributed by atoms with Gasteiger partial charge in [0.2, 0.25) is 5.91 Å². The number of aromatic nitrogens is 3. The lowest BCUT2D eigenvalue weighted by molar-refractivity contribution is -0.118. The quantitative estimate of drug-likeness (QED) is 0.707. The van der Waals surface area contributed by atoms with Crippen LogP contribution in [0.15, 0.2) is 47.6 Å². The number of carbonyl (C=O) groups is 1. The van der Waals surface area contributed by atoms with Gasteiger partial charge in [-0.05, 0) is 16.3 Å². The molecule has 0 aliphatic rings. The van der Waals surface area contributed by atoms with Crippen molar-refractivity contribution in [3.8, 4) is 0 Å². The third kappa shape index (κ3) is 3.53. The maximum absolute atomic E-state index is 10.9. The molecule has 0 unspecified atom stereocenters. The van der Waals surface area contributed by atoms with Gasteiger partial charge in [0.15, 0.2) is 5.16 Å². The molecule has 2 N–H and O–H groups in total. The Bertz CT molecular complexity index is 838. The molecule has 3 rings (SSSR count). The largest absolute Gasteiger partial charge is 0.370 e. The number of amides is 1. The van der Waals surface area contributed by atoms with E-state index in [2.05, 4.69) is 46.6 Å². The van der Waals surface area contributed by atoms with Gasteiger partial charge in [0.05, 0.1) is 0 Å². The number of hydrogen-bond acceptors (Lipinski definition) is 4. The fraction of sp³-hybridized carbons (Fsp3) is 0.235. The van der Waals surface area contributed by atoms with Crippen molar-refractivity contribution in [1.29, 1.82) is 0 Å². The molecule has 0 aliphatic heterocycles. The van der Waals surface area contributed by atoms with E-state index in [-0.39, 0.29) is 5.91 Å². The van der Waals surface area contributed by atoms with Gasteiger partial charge in [-0.15, -0.1) is 10.2 Å². The van der Waals surface area contributed by atoms with Crippen LogP contribution in [-0.2, 0) is 24.0 Å². The Morgan fingerprint density at radius 1 is 1.17 bits per heavy atom. The highest BCUT2D eigenvalue weighted by atomic mass is 32.2. The van der Waals surface area contributed by atoms with Crippen molar-refractivity contribution >= 4 is 28.4 Å². The van der Waals surface area contributed by atoms with Gasteiger partial charge in [0.1, 0.15) is 5.82 Å². The van der Waals surface area contributed by atoms with Crippen molar-refractivity contribution in [2.24, 2.45) is 12.8 Å². The number of benzene rings is 2. The number of nitrogens with two attached hydrogens (primary N) is 1. The Hall–Kier alpha value is -2.34. The first-order valence-corrected chi connectivity index (χ1v) is 8.39. The number of fused-ring (bicyclic) bond motifs is 1. The molecule has 2 aromatic carbocycles. The van der Waals surface area contributed by atoms with Crippen molar-refractivity contribution in [2.75, 3.05) is 0 Å². The van der Waals surface area contributed by atoms with E-state index in [1.54, 1.807) is 11.8 Å². The molecule has 0 radical (unpaired) electrons. The first-order chi connectivity index (χ1) is 11.1. The Labute approximate surface area is 138 Å². The highest BCUT2D eigenvalue weighted by Gasteiger charge is 2.11. The van der Waals surface area contributed by atoms with Crippen LogP contribution in [0.3, 0.4) is 0 Å². The molecule has 0 saturated heterocycles. The van der Waals surface area contributed by atoms with Gasteiger partial charge in [0.25, 0.3) is 0 Å². The molecule has 3 aromatic rings. The van der Waals surface area contributed by atoms with Crippen LogP contribution in [0, 0.1) is 0 Å². The van der Waals surface area contributed by atoms with E-state index in [1.807, 2.05) is 17.7 Å². The van der Waals surface area contributed by atoms with Crippen molar-refractivity contribution in [3.63, 3.8) is 0 Å². The van der Waals surface area contributed by atoms with E-state index in [4.69, 9.17) is 5.73 Å². The van der Waals surface area contributed by atoms with E-state index in [0.29, 0.717) is 12.8 Å². The van der Waals surface area contributed by atoms with Gasteiger partial charge in [-0.3, -0.25) is 4.79 Å². The van der Waals surface area contributed by atoms with Crippen LogP contribution in [0.25, 0.3) is 10.8 Å². The lowest BCUT2D eigenvalue weighted by atomic mass is 10.1. The van der Waals surface area contributed by atoms with Crippen LogP contribution in [-0.4, -0.2) is 20.7 Å². The molecule has 0 bridgehead atoms. The number of primary amides is 1. The summed E-state index contributed by atoms with van der Waals surface area (Å²) in [5.74, 6) is 1.28. The first-order valence-electron chi connectivity index (χ1n) is 7.41. The maximum atomic E-state index is 10.9. The average Bonchev–Trinajstić information content (AvgIpc) is 2.91. The highest BCUT2D eigenvalue weighted by molar-refractivity contribution is 7.98. The monoisotopic (exact) mass is 326 g/mol. The lowest BCUT2D eigenvalue weighted by Crippen LogP contribution is -2.12. The van der Waals surface area contributed by atoms with Gasteiger partial charge in [0, 0.05) is 25.6 Å². The average molecular weight is 326 g/mol. The molecule has 1 aromatic heterocycles. The van der Waals surface area contributed by atoms with Crippen molar-refractivity contribution in [3.05, 3.63) is 53.9 Å². The molecule has 1 heterocycles. The second kappa shape index (κ2) is 6.83. The van der Waals surface area contributed by atoms with Gasteiger partial charge in [-0.1, -0.05) is 54.2 Å². The summed E-state index contributed by atoms with van der Waals surface area (Å²) in [6, 6.07) is 14.7. The van der Waals surface area contributed by atoms with E-state index < -0.39 is 0 Å². The molecule has 0 saturated carbocycles. The Morgan fingerprint density at radius 3 is 2.78 bits per heavy atom. The minimum Gasteiger partial charge on any atom is -0.370 e. The van der Waals surface area contributed by atoms with Crippen LogP contribution in [0.2, 0.25) is 0 Å². The van der Waals surface area contributed by atoms with Gasteiger partial charge >= 0.3 is 0 Å². The fourth-order valence-electron chi connectivity index (χ4n) is 2.48. The molecule has 118 valence electrons. The summed E-state index contributed by atoms with van der Waals surface area (Å²) in [5, 5.41) is 11.7. The number of thioether (sulfide) groups is 1. The predicted octanol–water partition coefficient (Wildman–Crippen LogP) is 2.68. The summed E-state index contributed by atoms with van der Waals surface area (Å²) < 4.78 is 1.93. The van der Waals surface area contributed by atoms with Gasteiger partial charge in [-0.2, -0.15) is 0 Å². The number of nitrogens with zero attached hydrogens (tertiary/aromatic N) is 3. The topological polar surface area (TPSA) is 73.8 Å². The normalized spacial score (nSPS) is 11.0. The maximum Gasteiger partial charge on any atom is 0.217 e. The zero-order valence-corrected chi connectivity index (χ0v) is 13.7. The molecule has 1 amide bonds. The lowest BCUT2D eigenvalue weighted by Gasteiger charge is -2.06. The van der Waals surface area contributed by atoms with E-state index in [1.165, 1.54) is 16.3 Å². The minimum absolute atomic E-state index is 0.292. The summed E-state index contributed by atoms with van der Waals surface area (Å²) >= 11 is 1.64. The zero-order valence-electron chi connectivity index (χ0n) is 12.9. The standard InChI is InChI=1S/C17H18N4OS/c1-21-16(10-9-15(18)22)19-20-17(21)23-11-13-7-4-6-12-5-2-3-8-14(12)13/h2-8H,9-11H2,1H3,(H2,18,22). The highest BCUT2D eigenvalue weighted by Crippen LogP contribution is 2.26. The molecule has 5 nitrogen and oxygen atoms in total. The predicted molar refractivity (Wildman–Crippen MR) is 92.0 cm³/mol. The van der Waals surface area contributed by atoms with E-state index in [9.17, 15) is 4.79 Å². The van der Waals surface area contributed by atoms with Crippen LogP contribution < -0.4 is 5.73 Å². The first kappa shape index (κ1) is 15.6.